The summed E-state index contributed by atoms with van der Waals surface area (Å²) in [5.74, 6) is -6.59. The Hall–Kier alpha value is -0.370. The minimum atomic E-state index is -4.56. The maximum Gasteiger partial charge on any atom is 0.322 e. The smallest absolute Gasteiger partial charge is 0.229 e. The number of sulfonamides is 1. The predicted molar refractivity (Wildman–Crippen MR) is 28.9 cm³/mol. The summed E-state index contributed by atoms with van der Waals surface area (Å²) in [6.45, 7) is 0. The molecular weight excluding hydrogens is 190 g/mol. The van der Waals surface area contributed by atoms with Crippen LogP contribution in [0.15, 0.2) is 0 Å². The highest BCUT2D eigenvalue weighted by atomic mass is 32.2. The van der Waals surface area contributed by atoms with Gasteiger partial charge in [-0.25, -0.2) is 22.3 Å². The summed E-state index contributed by atoms with van der Waals surface area (Å²) in [5.41, 5.74) is 0. The average molecular weight is 195 g/mol. The first-order chi connectivity index (χ1) is 4.65. The standard InChI is InChI=1S/C3H5F4NO2S/c4-2(5)3(6,7)1-11(8,9)10/h2H,1H2,(H2,8,9,10). The topological polar surface area (TPSA) is 60.2 Å². The van der Waals surface area contributed by atoms with Gasteiger partial charge in [-0.15, -0.1) is 0 Å². The fourth-order valence-corrected chi connectivity index (χ4v) is 0.994. The second-order valence-electron chi connectivity index (χ2n) is 1.87. The number of halogens is 4. The summed E-state index contributed by atoms with van der Waals surface area (Å²) in [6, 6.07) is 0. The van der Waals surface area contributed by atoms with Gasteiger partial charge in [-0.2, -0.15) is 8.78 Å². The van der Waals surface area contributed by atoms with Crippen LogP contribution >= 0.6 is 0 Å². The van der Waals surface area contributed by atoms with Gasteiger partial charge in [-0.3, -0.25) is 0 Å². The van der Waals surface area contributed by atoms with Crippen LogP contribution in [0.5, 0.6) is 0 Å². The Balaban J connectivity index is 4.38. The predicted octanol–water partition coefficient (Wildman–Crippen LogP) is 0.175. The molecule has 0 saturated heterocycles. The van der Waals surface area contributed by atoms with E-state index in [4.69, 9.17) is 0 Å². The van der Waals surface area contributed by atoms with Gasteiger partial charge < -0.3 is 0 Å². The van der Waals surface area contributed by atoms with E-state index in [1.807, 2.05) is 0 Å². The lowest BCUT2D eigenvalue weighted by molar-refractivity contribution is -0.110. The Morgan fingerprint density at radius 1 is 1.36 bits per heavy atom. The molecule has 11 heavy (non-hydrogen) atoms. The van der Waals surface area contributed by atoms with Crippen LogP contribution in [0, 0.1) is 0 Å². The van der Waals surface area contributed by atoms with Gasteiger partial charge in [0.25, 0.3) is 0 Å². The molecule has 8 heteroatoms. The van der Waals surface area contributed by atoms with Gasteiger partial charge in [0.15, 0.2) is 0 Å². The van der Waals surface area contributed by atoms with Gasteiger partial charge >= 0.3 is 12.3 Å². The van der Waals surface area contributed by atoms with E-state index in [1.165, 1.54) is 0 Å². The summed E-state index contributed by atoms with van der Waals surface area (Å²) in [7, 11) is -4.56. The molecule has 0 heterocycles. The maximum atomic E-state index is 11.8. The SMILES string of the molecule is NS(=O)(=O)CC(F)(F)C(F)F. The molecule has 0 aromatic heterocycles. The van der Waals surface area contributed by atoms with Crippen molar-refractivity contribution in [2.45, 2.75) is 12.3 Å². The minimum Gasteiger partial charge on any atom is -0.229 e. The van der Waals surface area contributed by atoms with Gasteiger partial charge in [0.1, 0.15) is 5.75 Å². The van der Waals surface area contributed by atoms with Crippen molar-refractivity contribution in [3.63, 3.8) is 0 Å². The summed E-state index contributed by atoms with van der Waals surface area (Å²) < 4.78 is 66.0. The Bertz CT molecular complexity index is 223. The van der Waals surface area contributed by atoms with Crippen molar-refractivity contribution in [2.75, 3.05) is 5.75 Å². The molecule has 0 radical (unpaired) electrons. The van der Waals surface area contributed by atoms with Crippen molar-refractivity contribution in [1.29, 1.82) is 0 Å². The molecule has 0 aromatic carbocycles. The van der Waals surface area contributed by atoms with E-state index in [9.17, 15) is 26.0 Å². The zero-order chi connectivity index (χ0) is 9.28. The number of hydrogen-bond acceptors (Lipinski definition) is 2. The van der Waals surface area contributed by atoms with Gasteiger partial charge in [0.2, 0.25) is 10.0 Å². The van der Waals surface area contributed by atoms with E-state index >= 15 is 0 Å². The normalized spacial score (nSPS) is 14.0. The molecule has 0 aliphatic rings. The van der Waals surface area contributed by atoms with Crippen LogP contribution in [0.25, 0.3) is 0 Å². The third kappa shape index (κ3) is 4.14. The number of primary sulfonamides is 1. The van der Waals surface area contributed by atoms with Crippen molar-refractivity contribution in [2.24, 2.45) is 5.14 Å². The van der Waals surface area contributed by atoms with Crippen molar-refractivity contribution in [3.8, 4) is 0 Å². The molecular formula is C3H5F4NO2S. The summed E-state index contributed by atoms with van der Waals surface area (Å²) in [4.78, 5) is 0. The van der Waals surface area contributed by atoms with E-state index in [-0.39, 0.29) is 0 Å². The largest absolute Gasteiger partial charge is 0.322 e. The number of nitrogens with two attached hydrogens (primary N) is 1. The van der Waals surface area contributed by atoms with Crippen LogP contribution in [0.1, 0.15) is 0 Å². The first-order valence-electron chi connectivity index (χ1n) is 2.31. The molecule has 0 aliphatic heterocycles. The second-order valence-corrected chi connectivity index (χ2v) is 3.48. The molecule has 0 rings (SSSR count). The van der Waals surface area contributed by atoms with Crippen molar-refractivity contribution >= 4 is 10.0 Å². The molecule has 0 bridgehead atoms. The van der Waals surface area contributed by atoms with E-state index in [1.54, 1.807) is 0 Å². The Labute approximate surface area is 60.2 Å². The maximum absolute atomic E-state index is 11.8. The first kappa shape index (κ1) is 10.6. The molecule has 0 saturated carbocycles. The lowest BCUT2D eigenvalue weighted by atomic mass is 10.4. The number of alkyl halides is 4. The van der Waals surface area contributed by atoms with Gasteiger partial charge in [0.05, 0.1) is 0 Å². The number of rotatable bonds is 3. The molecule has 0 atom stereocenters. The van der Waals surface area contributed by atoms with E-state index < -0.39 is 28.1 Å². The first-order valence-corrected chi connectivity index (χ1v) is 4.03. The quantitative estimate of drug-likeness (QED) is 0.653. The summed E-state index contributed by atoms with van der Waals surface area (Å²) in [5, 5.41) is 4.12. The Kier molecular flexibility index (Phi) is 2.84. The minimum absolute atomic E-state index is 2.03. The fraction of sp³-hybridized carbons (Fsp3) is 1.00. The molecule has 68 valence electrons. The van der Waals surface area contributed by atoms with Gasteiger partial charge in [-0.05, 0) is 0 Å². The van der Waals surface area contributed by atoms with Crippen LogP contribution in [0.3, 0.4) is 0 Å². The summed E-state index contributed by atoms with van der Waals surface area (Å²) >= 11 is 0. The lowest BCUT2D eigenvalue weighted by Gasteiger charge is -2.12. The second kappa shape index (κ2) is 2.94. The highest BCUT2D eigenvalue weighted by Gasteiger charge is 2.44. The molecule has 0 aliphatic carbocycles. The van der Waals surface area contributed by atoms with Crippen LogP contribution in [0.2, 0.25) is 0 Å². The Morgan fingerprint density at radius 3 is 1.82 bits per heavy atom. The zero-order valence-electron chi connectivity index (χ0n) is 5.10. The fourth-order valence-electron chi connectivity index (χ4n) is 0.331. The van der Waals surface area contributed by atoms with Crippen LogP contribution in [-0.2, 0) is 10.0 Å². The molecule has 0 aromatic rings. The van der Waals surface area contributed by atoms with Crippen LogP contribution in [-0.4, -0.2) is 26.5 Å². The van der Waals surface area contributed by atoms with Crippen LogP contribution in [0.4, 0.5) is 17.6 Å². The van der Waals surface area contributed by atoms with Gasteiger partial charge in [-0.1, -0.05) is 0 Å². The molecule has 0 spiro atoms. The van der Waals surface area contributed by atoms with E-state index in [0.717, 1.165) is 0 Å². The van der Waals surface area contributed by atoms with E-state index in [0.29, 0.717) is 0 Å². The molecule has 0 amide bonds. The third-order valence-electron chi connectivity index (χ3n) is 0.713. The van der Waals surface area contributed by atoms with Gasteiger partial charge in [0, 0.05) is 0 Å². The number of hydrogen-bond donors (Lipinski definition) is 1. The van der Waals surface area contributed by atoms with Crippen LogP contribution < -0.4 is 5.14 Å². The van der Waals surface area contributed by atoms with E-state index in [2.05, 4.69) is 5.14 Å². The molecule has 2 N–H and O–H groups in total. The molecule has 0 unspecified atom stereocenters. The molecule has 3 nitrogen and oxygen atoms in total. The van der Waals surface area contributed by atoms with Crippen molar-refractivity contribution < 1.29 is 26.0 Å². The highest BCUT2D eigenvalue weighted by Crippen LogP contribution is 2.23. The zero-order valence-corrected chi connectivity index (χ0v) is 5.91. The molecule has 0 fully saturated rings. The summed E-state index contributed by atoms with van der Waals surface area (Å²) in [6.07, 6.45) is -4.01. The monoisotopic (exact) mass is 195 g/mol. The third-order valence-corrected chi connectivity index (χ3v) is 1.50. The Morgan fingerprint density at radius 2 is 1.73 bits per heavy atom. The lowest BCUT2D eigenvalue weighted by Crippen LogP contribution is -2.37. The average Bonchev–Trinajstić information content (AvgIpc) is 1.56. The van der Waals surface area contributed by atoms with Crippen molar-refractivity contribution in [3.05, 3.63) is 0 Å². The van der Waals surface area contributed by atoms with Crippen molar-refractivity contribution in [1.82, 2.24) is 0 Å². The highest BCUT2D eigenvalue weighted by molar-refractivity contribution is 7.89.